The number of rotatable bonds is 7. The van der Waals surface area contributed by atoms with E-state index in [9.17, 15) is 4.79 Å². The summed E-state index contributed by atoms with van der Waals surface area (Å²) < 4.78 is 0. The smallest absolute Gasteiger partial charge is 0.237 e. The molecule has 4 N–H and O–H groups in total. The number of H-pyrrole nitrogens is 1. The van der Waals surface area contributed by atoms with E-state index in [2.05, 4.69) is 35.6 Å². The van der Waals surface area contributed by atoms with Gasteiger partial charge in [-0.1, -0.05) is 38.5 Å². The Morgan fingerprint density at radius 1 is 1.38 bits per heavy atom. The van der Waals surface area contributed by atoms with Crippen LogP contribution in [0.2, 0.25) is 0 Å². The minimum Gasteiger partial charge on any atom is -0.361 e. The van der Waals surface area contributed by atoms with Crippen LogP contribution in [-0.4, -0.2) is 23.5 Å². The van der Waals surface area contributed by atoms with E-state index in [0.29, 0.717) is 6.54 Å². The average molecular weight is 287 g/mol. The summed E-state index contributed by atoms with van der Waals surface area (Å²) in [5.74, 6) is 0.182. The van der Waals surface area contributed by atoms with Crippen LogP contribution in [0.15, 0.2) is 30.5 Å². The molecule has 21 heavy (non-hydrogen) atoms. The largest absolute Gasteiger partial charge is 0.361 e. The highest BCUT2D eigenvalue weighted by atomic mass is 16.2. The van der Waals surface area contributed by atoms with E-state index in [1.165, 1.54) is 10.9 Å². The van der Waals surface area contributed by atoms with Gasteiger partial charge < -0.3 is 16.0 Å². The Kier molecular flexibility index (Phi) is 5.39. The molecule has 1 heterocycles. The Morgan fingerprint density at radius 3 is 2.90 bits per heavy atom. The predicted octanol–water partition coefficient (Wildman–Crippen LogP) is 2.59. The van der Waals surface area contributed by atoms with Crippen molar-refractivity contribution in [2.75, 3.05) is 6.54 Å². The van der Waals surface area contributed by atoms with Crippen molar-refractivity contribution < 1.29 is 4.79 Å². The number of nitrogens with one attached hydrogen (secondary N) is 2. The minimum atomic E-state index is -0.400. The number of benzene rings is 1. The zero-order chi connectivity index (χ0) is 15.2. The third-order valence-electron chi connectivity index (χ3n) is 4.16. The van der Waals surface area contributed by atoms with Gasteiger partial charge in [-0.2, -0.15) is 0 Å². The van der Waals surface area contributed by atoms with Crippen LogP contribution in [0.4, 0.5) is 0 Å². The van der Waals surface area contributed by atoms with Crippen LogP contribution in [0.5, 0.6) is 0 Å². The first-order valence-corrected chi connectivity index (χ1v) is 7.71. The lowest BCUT2D eigenvalue weighted by Crippen LogP contribution is -2.44. The van der Waals surface area contributed by atoms with Gasteiger partial charge >= 0.3 is 0 Å². The van der Waals surface area contributed by atoms with Crippen molar-refractivity contribution in [3.8, 4) is 0 Å². The third-order valence-corrected chi connectivity index (χ3v) is 4.16. The van der Waals surface area contributed by atoms with E-state index < -0.39 is 6.04 Å². The molecule has 4 nitrogen and oxygen atoms in total. The predicted molar refractivity (Wildman–Crippen MR) is 87.1 cm³/mol. The average Bonchev–Trinajstić information content (AvgIpc) is 2.93. The second-order valence-corrected chi connectivity index (χ2v) is 5.67. The molecule has 114 valence electrons. The summed E-state index contributed by atoms with van der Waals surface area (Å²) in [6.45, 7) is 4.73. The van der Waals surface area contributed by atoms with Gasteiger partial charge in [0.05, 0.1) is 6.04 Å². The number of hydrogen-bond donors (Lipinski definition) is 3. The van der Waals surface area contributed by atoms with Gasteiger partial charge in [-0.25, -0.2) is 0 Å². The van der Waals surface area contributed by atoms with Gasteiger partial charge in [-0.05, 0) is 30.4 Å². The van der Waals surface area contributed by atoms with E-state index in [4.69, 9.17) is 5.73 Å². The lowest BCUT2D eigenvalue weighted by Gasteiger charge is -2.17. The van der Waals surface area contributed by atoms with E-state index in [1.54, 1.807) is 0 Å². The number of amides is 1. The van der Waals surface area contributed by atoms with Crippen molar-refractivity contribution in [3.63, 3.8) is 0 Å². The van der Waals surface area contributed by atoms with E-state index in [1.807, 2.05) is 19.1 Å². The van der Waals surface area contributed by atoms with Crippen molar-refractivity contribution in [1.29, 1.82) is 0 Å². The number of hydrogen-bond acceptors (Lipinski definition) is 2. The molecule has 0 saturated carbocycles. The number of aryl methyl sites for hydroxylation is 1. The first kappa shape index (κ1) is 15.6. The molecule has 1 aromatic carbocycles. The number of fused-ring (bicyclic) bond motifs is 1. The summed E-state index contributed by atoms with van der Waals surface area (Å²) in [4.78, 5) is 15.1. The molecule has 1 aromatic heterocycles. The second-order valence-electron chi connectivity index (χ2n) is 5.67. The van der Waals surface area contributed by atoms with Gasteiger partial charge in [0, 0.05) is 23.6 Å². The highest BCUT2D eigenvalue weighted by Crippen LogP contribution is 2.18. The maximum Gasteiger partial charge on any atom is 0.237 e. The summed E-state index contributed by atoms with van der Waals surface area (Å²) in [6.07, 6.45) is 4.84. The lowest BCUT2D eigenvalue weighted by molar-refractivity contribution is -0.123. The molecule has 0 fully saturated rings. The summed E-state index contributed by atoms with van der Waals surface area (Å²) >= 11 is 0. The van der Waals surface area contributed by atoms with Crippen LogP contribution in [0, 0.1) is 5.92 Å². The van der Waals surface area contributed by atoms with Crippen LogP contribution in [0.25, 0.3) is 10.9 Å². The van der Waals surface area contributed by atoms with Crippen molar-refractivity contribution in [2.45, 2.75) is 39.2 Å². The fourth-order valence-electron chi connectivity index (χ4n) is 2.46. The normalized spacial score (nSPS) is 14.0. The van der Waals surface area contributed by atoms with Crippen LogP contribution in [0.1, 0.15) is 32.3 Å². The lowest BCUT2D eigenvalue weighted by atomic mass is 9.99. The Hall–Kier alpha value is -1.81. The Balaban J connectivity index is 1.78. The number of nitrogens with two attached hydrogens (primary N) is 1. The quantitative estimate of drug-likeness (QED) is 0.685. The first-order chi connectivity index (χ1) is 10.1. The van der Waals surface area contributed by atoms with Gasteiger partial charge in [0.15, 0.2) is 0 Å². The van der Waals surface area contributed by atoms with Crippen LogP contribution < -0.4 is 11.1 Å². The monoisotopic (exact) mass is 287 g/mol. The number of aromatic amines is 1. The number of aromatic nitrogens is 1. The molecule has 0 spiro atoms. The number of carbonyl (C=O) groups is 1. The van der Waals surface area contributed by atoms with Crippen molar-refractivity contribution in [3.05, 3.63) is 36.0 Å². The van der Waals surface area contributed by atoms with Crippen molar-refractivity contribution in [2.24, 2.45) is 11.7 Å². The van der Waals surface area contributed by atoms with Gasteiger partial charge in [0.1, 0.15) is 0 Å². The Labute approximate surface area is 126 Å². The molecule has 2 atom stereocenters. The maximum atomic E-state index is 11.9. The summed E-state index contributed by atoms with van der Waals surface area (Å²) in [5, 5.41) is 4.20. The molecule has 0 aliphatic carbocycles. The Morgan fingerprint density at radius 2 is 2.14 bits per heavy atom. The van der Waals surface area contributed by atoms with Gasteiger partial charge in [0.2, 0.25) is 5.91 Å². The van der Waals surface area contributed by atoms with Crippen molar-refractivity contribution in [1.82, 2.24) is 10.3 Å². The summed E-state index contributed by atoms with van der Waals surface area (Å²) in [6, 6.07) is 7.87. The molecule has 0 radical (unpaired) electrons. The third kappa shape index (κ3) is 3.85. The van der Waals surface area contributed by atoms with Crippen LogP contribution >= 0.6 is 0 Å². The standard InChI is InChI=1S/C17H25N3O/c1-3-12(2)16(18)17(21)19-10-6-7-13-11-20-15-9-5-4-8-14(13)15/h4-5,8-9,11-12,16,20H,3,6-7,10,18H2,1-2H3,(H,19,21). The molecule has 2 aromatic rings. The molecule has 0 aliphatic heterocycles. The molecule has 4 heteroatoms. The second kappa shape index (κ2) is 7.27. The van der Waals surface area contributed by atoms with Crippen LogP contribution in [0.3, 0.4) is 0 Å². The zero-order valence-corrected chi connectivity index (χ0v) is 12.9. The molecule has 2 unspecified atom stereocenters. The molecule has 0 saturated heterocycles. The van der Waals surface area contributed by atoms with E-state index in [0.717, 1.165) is 24.8 Å². The van der Waals surface area contributed by atoms with Gasteiger partial charge in [-0.3, -0.25) is 4.79 Å². The SMILES string of the molecule is CCC(C)C(N)C(=O)NCCCc1c[nH]c2ccccc12. The molecular formula is C17H25N3O. The fourth-order valence-corrected chi connectivity index (χ4v) is 2.46. The molecule has 2 rings (SSSR count). The highest BCUT2D eigenvalue weighted by molar-refractivity contribution is 5.83. The van der Waals surface area contributed by atoms with Crippen LogP contribution in [-0.2, 0) is 11.2 Å². The zero-order valence-electron chi connectivity index (χ0n) is 12.9. The van der Waals surface area contributed by atoms with E-state index in [-0.39, 0.29) is 11.8 Å². The van der Waals surface area contributed by atoms with E-state index >= 15 is 0 Å². The summed E-state index contributed by atoms with van der Waals surface area (Å²) in [5.41, 5.74) is 8.37. The Bertz CT molecular complexity index is 590. The topological polar surface area (TPSA) is 70.9 Å². The molecule has 1 amide bonds. The molecule has 0 bridgehead atoms. The van der Waals surface area contributed by atoms with Gasteiger partial charge in [0.25, 0.3) is 0 Å². The number of para-hydroxylation sites is 1. The fraction of sp³-hybridized carbons (Fsp3) is 0.471. The van der Waals surface area contributed by atoms with Crippen molar-refractivity contribution >= 4 is 16.8 Å². The number of carbonyl (C=O) groups excluding carboxylic acids is 1. The highest BCUT2D eigenvalue weighted by Gasteiger charge is 2.18. The maximum absolute atomic E-state index is 11.9. The summed E-state index contributed by atoms with van der Waals surface area (Å²) in [7, 11) is 0. The van der Waals surface area contributed by atoms with Gasteiger partial charge in [-0.15, -0.1) is 0 Å². The minimum absolute atomic E-state index is 0.0386. The molecule has 0 aliphatic rings. The first-order valence-electron chi connectivity index (χ1n) is 7.71. The molecular weight excluding hydrogens is 262 g/mol.